The first-order valence-electron chi connectivity index (χ1n) is 7.67. The third-order valence-electron chi connectivity index (χ3n) is 3.71. The zero-order chi connectivity index (χ0) is 15.9. The van der Waals surface area contributed by atoms with Crippen LogP contribution in [0.15, 0.2) is 24.3 Å². The molecule has 0 unspecified atom stereocenters. The van der Waals surface area contributed by atoms with Gasteiger partial charge in [-0.25, -0.2) is 0 Å². The van der Waals surface area contributed by atoms with E-state index in [0.717, 1.165) is 26.2 Å². The number of carbonyl (C=O) groups excluding carboxylic acids is 2. The SMILES string of the molecule is CCNC(=O)c1cccc(NC(=O)CN2CCN(C)CC2)c1. The molecule has 1 heterocycles. The van der Waals surface area contributed by atoms with Gasteiger partial charge in [-0.05, 0) is 32.2 Å². The molecule has 1 aromatic rings. The van der Waals surface area contributed by atoms with Gasteiger partial charge in [0.25, 0.3) is 5.91 Å². The van der Waals surface area contributed by atoms with E-state index in [1.807, 2.05) is 6.92 Å². The number of likely N-dealkylation sites (N-methyl/N-ethyl adjacent to an activating group) is 1. The molecule has 2 amide bonds. The molecule has 0 aromatic heterocycles. The molecule has 120 valence electrons. The fourth-order valence-corrected chi connectivity index (χ4v) is 2.41. The normalized spacial score (nSPS) is 16.3. The number of nitrogens with zero attached hydrogens (tertiary/aromatic N) is 2. The van der Waals surface area contributed by atoms with Crippen molar-refractivity contribution in [2.24, 2.45) is 0 Å². The number of hydrogen-bond donors (Lipinski definition) is 2. The van der Waals surface area contributed by atoms with Crippen molar-refractivity contribution in [2.45, 2.75) is 6.92 Å². The van der Waals surface area contributed by atoms with Crippen molar-refractivity contribution in [2.75, 3.05) is 51.6 Å². The number of rotatable bonds is 5. The lowest BCUT2D eigenvalue weighted by molar-refractivity contribution is -0.117. The minimum atomic E-state index is -0.127. The fraction of sp³-hybridized carbons (Fsp3) is 0.500. The number of hydrogen-bond acceptors (Lipinski definition) is 4. The van der Waals surface area contributed by atoms with E-state index in [2.05, 4.69) is 27.5 Å². The first-order valence-corrected chi connectivity index (χ1v) is 7.67. The topological polar surface area (TPSA) is 64.7 Å². The molecule has 1 saturated heterocycles. The summed E-state index contributed by atoms with van der Waals surface area (Å²) in [7, 11) is 2.09. The van der Waals surface area contributed by atoms with Crippen molar-refractivity contribution in [3.63, 3.8) is 0 Å². The van der Waals surface area contributed by atoms with Gasteiger partial charge in [0, 0.05) is 44.0 Å². The summed E-state index contributed by atoms with van der Waals surface area (Å²) >= 11 is 0. The summed E-state index contributed by atoms with van der Waals surface area (Å²) in [5.74, 6) is -0.171. The molecule has 0 aliphatic carbocycles. The highest BCUT2D eigenvalue weighted by Crippen LogP contribution is 2.11. The minimum absolute atomic E-state index is 0.0439. The van der Waals surface area contributed by atoms with Gasteiger partial charge in [0.2, 0.25) is 5.91 Å². The Bertz CT molecular complexity index is 525. The second-order valence-corrected chi connectivity index (χ2v) is 5.57. The Morgan fingerprint density at radius 3 is 2.59 bits per heavy atom. The molecule has 0 saturated carbocycles. The summed E-state index contributed by atoms with van der Waals surface area (Å²) in [6, 6.07) is 7.01. The number of nitrogens with one attached hydrogen (secondary N) is 2. The van der Waals surface area contributed by atoms with E-state index in [1.54, 1.807) is 24.3 Å². The van der Waals surface area contributed by atoms with Crippen molar-refractivity contribution >= 4 is 17.5 Å². The molecule has 1 fully saturated rings. The number of anilines is 1. The maximum absolute atomic E-state index is 12.1. The van der Waals surface area contributed by atoms with Gasteiger partial charge >= 0.3 is 0 Å². The molecule has 0 radical (unpaired) electrons. The minimum Gasteiger partial charge on any atom is -0.352 e. The number of carbonyl (C=O) groups is 2. The van der Waals surface area contributed by atoms with Crippen molar-refractivity contribution < 1.29 is 9.59 Å². The highest BCUT2D eigenvalue weighted by Gasteiger charge is 2.16. The summed E-state index contributed by atoms with van der Waals surface area (Å²) in [5.41, 5.74) is 1.21. The van der Waals surface area contributed by atoms with Crippen molar-refractivity contribution in [3.05, 3.63) is 29.8 Å². The third kappa shape index (κ3) is 4.82. The summed E-state index contributed by atoms with van der Waals surface area (Å²) in [4.78, 5) is 28.3. The predicted octanol–water partition coefficient (Wildman–Crippen LogP) is 0.622. The van der Waals surface area contributed by atoms with Gasteiger partial charge in [0.15, 0.2) is 0 Å². The molecule has 6 nitrogen and oxygen atoms in total. The maximum Gasteiger partial charge on any atom is 0.251 e. The van der Waals surface area contributed by atoms with Crippen LogP contribution in [0.5, 0.6) is 0 Å². The maximum atomic E-state index is 12.1. The van der Waals surface area contributed by atoms with Gasteiger partial charge in [0.05, 0.1) is 6.54 Å². The van der Waals surface area contributed by atoms with Crippen molar-refractivity contribution in [3.8, 4) is 0 Å². The van der Waals surface area contributed by atoms with Crippen LogP contribution in [-0.2, 0) is 4.79 Å². The van der Waals surface area contributed by atoms with Crippen LogP contribution in [-0.4, -0.2) is 67.9 Å². The zero-order valence-corrected chi connectivity index (χ0v) is 13.3. The Morgan fingerprint density at radius 2 is 1.91 bits per heavy atom. The van der Waals surface area contributed by atoms with E-state index < -0.39 is 0 Å². The molecule has 2 N–H and O–H groups in total. The van der Waals surface area contributed by atoms with Gasteiger partial charge < -0.3 is 15.5 Å². The van der Waals surface area contributed by atoms with Gasteiger partial charge in [0.1, 0.15) is 0 Å². The summed E-state index contributed by atoms with van der Waals surface area (Å²) in [6.45, 7) is 6.63. The summed E-state index contributed by atoms with van der Waals surface area (Å²) < 4.78 is 0. The molecule has 6 heteroatoms. The van der Waals surface area contributed by atoms with Crippen molar-refractivity contribution in [1.29, 1.82) is 0 Å². The molecular formula is C16H24N4O2. The Hall–Kier alpha value is -1.92. The van der Waals surface area contributed by atoms with Crippen LogP contribution < -0.4 is 10.6 Å². The molecule has 0 spiro atoms. The fourth-order valence-electron chi connectivity index (χ4n) is 2.41. The second kappa shape index (κ2) is 7.91. The van der Waals surface area contributed by atoms with E-state index in [4.69, 9.17) is 0 Å². The van der Waals surface area contributed by atoms with Gasteiger partial charge in [-0.1, -0.05) is 6.07 Å². The van der Waals surface area contributed by atoms with E-state index in [-0.39, 0.29) is 11.8 Å². The van der Waals surface area contributed by atoms with Crippen molar-refractivity contribution in [1.82, 2.24) is 15.1 Å². The Morgan fingerprint density at radius 1 is 1.18 bits per heavy atom. The molecular weight excluding hydrogens is 280 g/mol. The predicted molar refractivity (Wildman–Crippen MR) is 87.0 cm³/mol. The van der Waals surface area contributed by atoms with Crippen LogP contribution in [0.3, 0.4) is 0 Å². The van der Waals surface area contributed by atoms with Crippen LogP contribution in [0.25, 0.3) is 0 Å². The molecule has 1 aliphatic rings. The van der Waals surface area contributed by atoms with Crippen LogP contribution in [0.1, 0.15) is 17.3 Å². The molecule has 0 atom stereocenters. The average Bonchev–Trinajstić information content (AvgIpc) is 2.50. The standard InChI is InChI=1S/C16H24N4O2/c1-3-17-16(22)13-5-4-6-14(11-13)18-15(21)12-20-9-7-19(2)8-10-20/h4-6,11H,3,7-10,12H2,1-2H3,(H,17,22)(H,18,21). The lowest BCUT2D eigenvalue weighted by atomic mass is 10.2. The van der Waals surface area contributed by atoms with Gasteiger partial charge in [-0.3, -0.25) is 14.5 Å². The molecule has 22 heavy (non-hydrogen) atoms. The third-order valence-corrected chi connectivity index (χ3v) is 3.71. The lowest BCUT2D eigenvalue weighted by Crippen LogP contribution is -2.47. The van der Waals surface area contributed by atoms with Crippen LogP contribution >= 0.6 is 0 Å². The van der Waals surface area contributed by atoms with E-state index >= 15 is 0 Å². The van der Waals surface area contributed by atoms with E-state index in [1.165, 1.54) is 0 Å². The smallest absolute Gasteiger partial charge is 0.251 e. The summed E-state index contributed by atoms with van der Waals surface area (Å²) in [5, 5.41) is 5.61. The first-order chi connectivity index (χ1) is 10.6. The highest BCUT2D eigenvalue weighted by molar-refractivity contribution is 5.97. The number of piperazine rings is 1. The first kappa shape index (κ1) is 16.5. The van der Waals surface area contributed by atoms with Crippen LogP contribution in [0.4, 0.5) is 5.69 Å². The average molecular weight is 304 g/mol. The van der Waals surface area contributed by atoms with Crippen LogP contribution in [0, 0.1) is 0 Å². The van der Waals surface area contributed by atoms with E-state index in [0.29, 0.717) is 24.3 Å². The summed E-state index contributed by atoms with van der Waals surface area (Å²) in [6.07, 6.45) is 0. The monoisotopic (exact) mass is 304 g/mol. The Kier molecular flexibility index (Phi) is 5.91. The molecule has 1 aromatic carbocycles. The van der Waals surface area contributed by atoms with Crippen LogP contribution in [0.2, 0.25) is 0 Å². The molecule has 1 aliphatic heterocycles. The van der Waals surface area contributed by atoms with Gasteiger partial charge in [-0.2, -0.15) is 0 Å². The Balaban J connectivity index is 1.88. The quantitative estimate of drug-likeness (QED) is 0.837. The van der Waals surface area contributed by atoms with E-state index in [9.17, 15) is 9.59 Å². The lowest BCUT2D eigenvalue weighted by Gasteiger charge is -2.31. The zero-order valence-electron chi connectivity index (χ0n) is 13.3. The highest BCUT2D eigenvalue weighted by atomic mass is 16.2. The molecule has 0 bridgehead atoms. The largest absolute Gasteiger partial charge is 0.352 e. The Labute approximate surface area is 131 Å². The van der Waals surface area contributed by atoms with Gasteiger partial charge in [-0.15, -0.1) is 0 Å². The number of benzene rings is 1. The second-order valence-electron chi connectivity index (χ2n) is 5.57. The number of amides is 2. The molecule has 2 rings (SSSR count).